The number of nitrogen functional groups attached to an aromatic ring is 1. The maximum absolute atomic E-state index is 14.7. The number of nitrogens with zero attached hydrogens (tertiary/aromatic N) is 8. The summed E-state index contributed by atoms with van der Waals surface area (Å²) in [5.74, 6) is -0.931. The van der Waals surface area contributed by atoms with Gasteiger partial charge in [-0.15, -0.1) is 5.10 Å². The molecule has 4 heterocycles. The smallest absolute Gasteiger partial charge is 0.259 e. The normalized spacial score (nSPS) is 14.9. The molecule has 1 atom stereocenters. The summed E-state index contributed by atoms with van der Waals surface area (Å²) in [6.07, 6.45) is 0.347. The first-order valence-corrected chi connectivity index (χ1v) is 12.9. The molecule has 5 rings (SSSR count). The first-order valence-electron chi connectivity index (χ1n) is 12.9. The van der Waals surface area contributed by atoms with Gasteiger partial charge in [-0.2, -0.15) is 19.5 Å². The van der Waals surface area contributed by atoms with Crippen LogP contribution in [0.25, 0.3) is 17.4 Å². The van der Waals surface area contributed by atoms with Gasteiger partial charge in [0.05, 0.1) is 30.2 Å². The molecule has 218 valence electrons. The highest BCUT2D eigenvalue weighted by atomic mass is 19.1. The molecule has 0 aliphatic carbocycles. The summed E-state index contributed by atoms with van der Waals surface area (Å²) in [4.78, 5) is 31.4. The Kier molecular flexibility index (Phi) is 8.23. The van der Waals surface area contributed by atoms with Crippen LogP contribution in [0.15, 0.2) is 34.9 Å². The van der Waals surface area contributed by atoms with Crippen LogP contribution < -0.4 is 20.9 Å². The van der Waals surface area contributed by atoms with Gasteiger partial charge in [0.15, 0.2) is 5.76 Å². The number of aliphatic hydroxyl groups excluding tert-OH is 2. The summed E-state index contributed by atoms with van der Waals surface area (Å²) in [5.41, 5.74) is 5.88. The zero-order valence-electron chi connectivity index (χ0n) is 22.2. The first-order chi connectivity index (χ1) is 19.7. The second-order valence-electron chi connectivity index (χ2n) is 9.59. The largest absolute Gasteiger partial charge is 0.461 e. The number of likely N-dealkylation sites (N-methyl/N-ethyl adjacent to an activating group) is 1. The van der Waals surface area contributed by atoms with Crippen LogP contribution in [0.1, 0.15) is 10.4 Å². The number of aromatic nitrogens is 5. The lowest BCUT2D eigenvalue weighted by Gasteiger charge is -2.37. The third-order valence-corrected chi connectivity index (χ3v) is 6.76. The molecule has 1 aliphatic heterocycles. The second kappa shape index (κ2) is 12.0. The predicted molar refractivity (Wildman–Crippen MR) is 144 cm³/mol. The fourth-order valence-electron chi connectivity index (χ4n) is 4.40. The van der Waals surface area contributed by atoms with Crippen molar-refractivity contribution in [2.24, 2.45) is 0 Å². The van der Waals surface area contributed by atoms with Crippen molar-refractivity contribution in [2.75, 3.05) is 75.0 Å². The lowest BCUT2D eigenvalue weighted by atomic mass is 10.1. The SMILES string of the molecule is CN(CCN1CCN(c2cc(C(=O)NC[C@H](O)CO)c(F)cc2F)CC1)c1nc(N)n2nc(-c3ccco3)nc2n1. The van der Waals surface area contributed by atoms with Gasteiger partial charge in [0.25, 0.3) is 11.7 Å². The molecule has 1 aromatic carbocycles. The predicted octanol–water partition coefficient (Wildman–Crippen LogP) is -0.0189. The monoisotopic (exact) mass is 572 g/mol. The number of hydrogen-bond acceptors (Lipinski definition) is 12. The quantitative estimate of drug-likeness (QED) is 0.200. The molecule has 0 bridgehead atoms. The summed E-state index contributed by atoms with van der Waals surface area (Å²) >= 11 is 0. The van der Waals surface area contributed by atoms with Crippen LogP contribution in [0.5, 0.6) is 0 Å². The number of carbonyl (C=O) groups excluding carboxylic acids is 1. The number of nitrogens with one attached hydrogen (secondary N) is 1. The van der Waals surface area contributed by atoms with E-state index in [1.54, 1.807) is 17.0 Å². The van der Waals surface area contributed by atoms with E-state index >= 15 is 0 Å². The highest BCUT2D eigenvalue weighted by Crippen LogP contribution is 2.25. The van der Waals surface area contributed by atoms with Gasteiger partial charge in [0.2, 0.25) is 17.7 Å². The van der Waals surface area contributed by atoms with E-state index in [1.807, 2.05) is 11.9 Å². The summed E-state index contributed by atoms with van der Waals surface area (Å²) in [6, 6.07) is 5.33. The van der Waals surface area contributed by atoms with Gasteiger partial charge in [-0.3, -0.25) is 9.69 Å². The van der Waals surface area contributed by atoms with Gasteiger partial charge < -0.3 is 35.5 Å². The number of piperazine rings is 1. The van der Waals surface area contributed by atoms with Crippen molar-refractivity contribution in [2.45, 2.75) is 6.10 Å². The number of halogens is 2. The summed E-state index contributed by atoms with van der Waals surface area (Å²) in [5, 5.41) is 24.9. The van der Waals surface area contributed by atoms with Crippen LogP contribution in [-0.2, 0) is 0 Å². The fraction of sp³-hybridized carbons (Fsp3) is 0.400. The Balaban J connectivity index is 1.18. The summed E-state index contributed by atoms with van der Waals surface area (Å²) < 4.78 is 35.7. The van der Waals surface area contributed by atoms with E-state index in [2.05, 4.69) is 30.3 Å². The van der Waals surface area contributed by atoms with Gasteiger partial charge in [-0.05, 0) is 18.2 Å². The maximum atomic E-state index is 14.7. The zero-order chi connectivity index (χ0) is 29.1. The van der Waals surface area contributed by atoms with Crippen molar-refractivity contribution < 1.29 is 28.2 Å². The van der Waals surface area contributed by atoms with Gasteiger partial charge >= 0.3 is 0 Å². The van der Waals surface area contributed by atoms with Crippen LogP contribution in [0.4, 0.5) is 26.4 Å². The standard InChI is InChI=1S/C25H30F2N10O4/c1-34(24-31-23(28)37-25(32-24)30-21(33-37)20-3-2-10-41-20)4-5-35-6-8-36(9-7-35)19-11-16(17(26)12-18(19)27)22(40)29-13-15(39)14-38/h2-3,10-12,15,38-39H,4-9,13-14H2,1H3,(H,29,40)(H2,28,30,31,32,33)/t15-/m0/s1. The average molecular weight is 573 g/mol. The molecule has 16 heteroatoms. The Morgan fingerprint density at radius 2 is 1.98 bits per heavy atom. The van der Waals surface area contributed by atoms with E-state index in [9.17, 15) is 18.7 Å². The summed E-state index contributed by atoms with van der Waals surface area (Å²) in [7, 11) is 1.84. The number of anilines is 3. The second-order valence-corrected chi connectivity index (χ2v) is 9.59. The number of nitrogens with two attached hydrogens (primary N) is 1. The lowest BCUT2D eigenvalue weighted by molar-refractivity contribution is 0.0799. The van der Waals surface area contributed by atoms with Crippen LogP contribution in [0.2, 0.25) is 0 Å². The van der Waals surface area contributed by atoms with Gasteiger partial charge in [-0.25, -0.2) is 8.78 Å². The van der Waals surface area contributed by atoms with E-state index in [0.29, 0.717) is 68.6 Å². The molecule has 0 radical (unpaired) electrons. The first kappa shape index (κ1) is 28.1. The Morgan fingerprint density at radius 1 is 1.20 bits per heavy atom. The van der Waals surface area contributed by atoms with Crippen LogP contribution in [0, 0.1) is 11.6 Å². The van der Waals surface area contributed by atoms with Crippen LogP contribution in [0.3, 0.4) is 0 Å². The van der Waals surface area contributed by atoms with Gasteiger partial charge in [-0.1, -0.05) is 0 Å². The lowest BCUT2D eigenvalue weighted by Crippen LogP contribution is -2.48. The molecule has 0 saturated carbocycles. The Bertz CT molecular complexity index is 1510. The van der Waals surface area contributed by atoms with E-state index in [-0.39, 0.29) is 23.7 Å². The number of benzene rings is 1. The Hall–Kier alpha value is -4.41. The Labute approximate surface area is 233 Å². The minimum atomic E-state index is -1.18. The third-order valence-electron chi connectivity index (χ3n) is 6.76. The Morgan fingerprint density at radius 3 is 2.68 bits per heavy atom. The fourth-order valence-corrected chi connectivity index (χ4v) is 4.40. The average Bonchev–Trinajstić information content (AvgIpc) is 3.65. The van der Waals surface area contributed by atoms with Crippen molar-refractivity contribution in [1.29, 1.82) is 0 Å². The van der Waals surface area contributed by atoms with E-state index in [4.69, 9.17) is 15.3 Å². The molecule has 1 amide bonds. The van der Waals surface area contributed by atoms with Crippen LogP contribution >= 0.6 is 0 Å². The highest BCUT2D eigenvalue weighted by Gasteiger charge is 2.24. The minimum absolute atomic E-state index is 0.121. The molecular weight excluding hydrogens is 542 g/mol. The van der Waals surface area contributed by atoms with E-state index in [1.165, 1.54) is 16.8 Å². The van der Waals surface area contributed by atoms with Crippen molar-refractivity contribution in [3.05, 3.63) is 47.7 Å². The third kappa shape index (κ3) is 6.18. The van der Waals surface area contributed by atoms with Crippen molar-refractivity contribution in [1.82, 2.24) is 34.8 Å². The molecule has 1 saturated heterocycles. The van der Waals surface area contributed by atoms with Gasteiger partial charge in [0.1, 0.15) is 11.6 Å². The number of rotatable bonds is 10. The molecule has 1 aliphatic rings. The van der Waals surface area contributed by atoms with Crippen molar-refractivity contribution in [3.63, 3.8) is 0 Å². The molecule has 0 unspecified atom stereocenters. The van der Waals surface area contributed by atoms with Crippen molar-refractivity contribution >= 4 is 29.3 Å². The highest BCUT2D eigenvalue weighted by molar-refractivity contribution is 5.95. The molecule has 0 spiro atoms. The molecular formula is C25H30F2N10O4. The number of amides is 1. The molecule has 5 N–H and O–H groups in total. The van der Waals surface area contributed by atoms with E-state index < -0.39 is 30.3 Å². The number of aliphatic hydroxyl groups is 2. The van der Waals surface area contributed by atoms with Crippen molar-refractivity contribution in [3.8, 4) is 11.6 Å². The number of furan rings is 1. The summed E-state index contributed by atoms with van der Waals surface area (Å²) in [6.45, 7) is 2.55. The van der Waals surface area contributed by atoms with E-state index in [0.717, 1.165) is 0 Å². The minimum Gasteiger partial charge on any atom is -0.461 e. The number of fused-ring (bicyclic) bond motifs is 1. The molecule has 41 heavy (non-hydrogen) atoms. The number of carbonyl (C=O) groups is 1. The molecule has 1 fully saturated rings. The van der Waals surface area contributed by atoms with Gasteiger partial charge in [0, 0.05) is 58.9 Å². The number of hydrogen-bond donors (Lipinski definition) is 4. The zero-order valence-corrected chi connectivity index (χ0v) is 22.2. The molecule has 14 nitrogen and oxygen atoms in total. The molecule has 4 aromatic rings. The molecule has 3 aromatic heterocycles. The topological polar surface area (TPSA) is 174 Å². The maximum Gasteiger partial charge on any atom is 0.259 e. The van der Waals surface area contributed by atoms with Crippen LogP contribution in [-0.4, -0.2) is 111 Å².